The number of pyridine rings is 1. The molecule has 1 unspecified atom stereocenters. The standard InChI is InChI=1S/C31H35N9O2/c1-37-19-25(17-36-37)24-4-2-23(3-5-24)16-32-30-15-28(34-22-35-30)29-18-33-31-14-27(6-7-40(29)31)42-13-10-38-8-9-39-11-12-41-21-26(39)20-38/h2-7,14-15,17-19,22,26H,8-13,16,20-21H2,1H3,(H,32,34,35). The second-order valence-electron chi connectivity index (χ2n) is 10.9. The highest BCUT2D eigenvalue weighted by Gasteiger charge is 2.29. The summed E-state index contributed by atoms with van der Waals surface area (Å²) in [5, 5.41) is 7.67. The van der Waals surface area contributed by atoms with E-state index in [0.29, 0.717) is 19.2 Å². The number of nitrogens with zero attached hydrogens (tertiary/aromatic N) is 8. The number of aromatic nitrogens is 6. The fourth-order valence-corrected chi connectivity index (χ4v) is 5.72. The van der Waals surface area contributed by atoms with Crippen LogP contribution in [-0.2, 0) is 18.3 Å². The van der Waals surface area contributed by atoms with Crippen LogP contribution >= 0.6 is 0 Å². The van der Waals surface area contributed by atoms with E-state index in [2.05, 4.69) is 59.4 Å². The Bertz CT molecular complexity index is 1650. The van der Waals surface area contributed by atoms with Gasteiger partial charge < -0.3 is 14.8 Å². The van der Waals surface area contributed by atoms with Crippen LogP contribution in [0.15, 0.2) is 73.6 Å². The average molecular weight is 566 g/mol. The molecule has 0 spiro atoms. The molecule has 0 amide bonds. The Morgan fingerprint density at radius 3 is 2.81 bits per heavy atom. The summed E-state index contributed by atoms with van der Waals surface area (Å²) in [5.74, 6) is 1.57. The molecule has 2 aliphatic heterocycles. The van der Waals surface area contributed by atoms with Crippen molar-refractivity contribution in [3.05, 3.63) is 79.1 Å². The first-order valence-corrected chi connectivity index (χ1v) is 14.5. The molecule has 6 heterocycles. The minimum absolute atomic E-state index is 0.508. The Hall–Kier alpha value is -4.32. The van der Waals surface area contributed by atoms with Crippen LogP contribution in [0, 0.1) is 0 Å². The van der Waals surface area contributed by atoms with Crippen LogP contribution in [0.2, 0.25) is 0 Å². The highest BCUT2D eigenvalue weighted by molar-refractivity contribution is 5.64. The maximum absolute atomic E-state index is 6.11. The summed E-state index contributed by atoms with van der Waals surface area (Å²) in [6.45, 7) is 8.18. The Kier molecular flexibility index (Phi) is 7.52. The van der Waals surface area contributed by atoms with Gasteiger partial charge in [-0.15, -0.1) is 0 Å². The molecular weight excluding hydrogens is 530 g/mol. The molecule has 1 N–H and O–H groups in total. The number of imidazole rings is 1. The van der Waals surface area contributed by atoms with Crippen molar-refractivity contribution in [2.45, 2.75) is 12.6 Å². The second-order valence-corrected chi connectivity index (χ2v) is 10.9. The molecule has 11 nitrogen and oxygen atoms in total. The number of aryl methyl sites for hydroxylation is 1. The molecule has 11 heteroatoms. The monoisotopic (exact) mass is 565 g/mol. The van der Waals surface area contributed by atoms with Gasteiger partial charge in [-0.3, -0.25) is 18.9 Å². The highest BCUT2D eigenvalue weighted by atomic mass is 16.5. The summed E-state index contributed by atoms with van der Waals surface area (Å²) in [5.41, 5.74) is 5.92. The van der Waals surface area contributed by atoms with E-state index < -0.39 is 0 Å². The Morgan fingerprint density at radius 1 is 1.00 bits per heavy atom. The molecule has 5 aromatic rings. The first kappa shape index (κ1) is 26.6. The van der Waals surface area contributed by atoms with E-state index in [1.54, 1.807) is 6.33 Å². The number of fused-ring (bicyclic) bond motifs is 2. The first-order valence-electron chi connectivity index (χ1n) is 14.5. The van der Waals surface area contributed by atoms with Crippen LogP contribution in [0.4, 0.5) is 5.82 Å². The number of anilines is 1. The van der Waals surface area contributed by atoms with Crippen LogP contribution in [-0.4, -0.2) is 97.5 Å². The molecule has 1 aromatic carbocycles. The average Bonchev–Trinajstić information content (AvgIpc) is 3.66. The Labute approximate surface area is 244 Å². The molecule has 1 atom stereocenters. The highest BCUT2D eigenvalue weighted by Crippen LogP contribution is 2.24. The van der Waals surface area contributed by atoms with Gasteiger partial charge in [-0.2, -0.15) is 5.10 Å². The summed E-state index contributed by atoms with van der Waals surface area (Å²) in [6.07, 6.45) is 9.30. The van der Waals surface area contributed by atoms with Crippen molar-refractivity contribution in [3.63, 3.8) is 0 Å². The van der Waals surface area contributed by atoms with Crippen molar-refractivity contribution in [1.82, 2.24) is 38.9 Å². The molecule has 0 bridgehead atoms. The van der Waals surface area contributed by atoms with Crippen LogP contribution in [0.1, 0.15) is 5.56 Å². The van der Waals surface area contributed by atoms with Crippen molar-refractivity contribution in [1.29, 1.82) is 0 Å². The van der Waals surface area contributed by atoms with Crippen molar-refractivity contribution < 1.29 is 9.47 Å². The predicted octanol–water partition coefficient (Wildman–Crippen LogP) is 3.20. The van der Waals surface area contributed by atoms with Gasteiger partial charge in [-0.05, 0) is 17.2 Å². The summed E-state index contributed by atoms with van der Waals surface area (Å²) < 4.78 is 15.6. The lowest BCUT2D eigenvalue weighted by molar-refractivity contribution is -0.0460. The van der Waals surface area contributed by atoms with Crippen LogP contribution < -0.4 is 10.1 Å². The molecule has 4 aromatic heterocycles. The molecule has 2 saturated heterocycles. The van der Waals surface area contributed by atoms with E-state index in [9.17, 15) is 0 Å². The van der Waals surface area contributed by atoms with Crippen LogP contribution in [0.25, 0.3) is 28.2 Å². The molecule has 0 saturated carbocycles. The zero-order valence-corrected chi connectivity index (χ0v) is 23.8. The van der Waals surface area contributed by atoms with Gasteiger partial charge in [0.15, 0.2) is 0 Å². The van der Waals surface area contributed by atoms with Gasteiger partial charge in [0.2, 0.25) is 0 Å². The predicted molar refractivity (Wildman–Crippen MR) is 160 cm³/mol. The van der Waals surface area contributed by atoms with E-state index in [-0.39, 0.29) is 0 Å². The SMILES string of the molecule is Cn1cc(-c2ccc(CNc3cc(-c4cnc5cc(OCCN6CCN7CCOCC7C6)ccn45)ncn3)cc2)cn1. The number of benzene rings is 1. The van der Waals surface area contributed by atoms with Gasteiger partial charge in [0, 0.05) is 82.4 Å². The summed E-state index contributed by atoms with van der Waals surface area (Å²) in [6, 6.07) is 14.9. The number of ether oxygens (including phenoxy) is 2. The minimum Gasteiger partial charge on any atom is -0.492 e. The molecule has 2 aliphatic rings. The number of piperazine rings is 1. The van der Waals surface area contributed by atoms with E-state index >= 15 is 0 Å². The Balaban J connectivity index is 0.955. The quantitative estimate of drug-likeness (QED) is 0.289. The largest absolute Gasteiger partial charge is 0.492 e. The topological polar surface area (TPSA) is 97.9 Å². The van der Waals surface area contributed by atoms with Crippen LogP contribution in [0.3, 0.4) is 0 Å². The third-order valence-electron chi connectivity index (χ3n) is 8.08. The van der Waals surface area contributed by atoms with Gasteiger partial charge >= 0.3 is 0 Å². The normalized spacial score (nSPS) is 17.8. The second kappa shape index (κ2) is 11.9. The lowest BCUT2D eigenvalue weighted by atomic mass is 10.1. The van der Waals surface area contributed by atoms with Gasteiger partial charge in [0.05, 0.1) is 37.0 Å². The number of hydrogen-bond acceptors (Lipinski definition) is 9. The fourth-order valence-electron chi connectivity index (χ4n) is 5.72. The van der Waals surface area contributed by atoms with Gasteiger partial charge in [-0.25, -0.2) is 15.0 Å². The van der Waals surface area contributed by atoms with Crippen molar-refractivity contribution in [2.24, 2.45) is 7.05 Å². The van der Waals surface area contributed by atoms with E-state index in [1.165, 1.54) is 0 Å². The number of nitrogens with one attached hydrogen (secondary N) is 1. The van der Waals surface area contributed by atoms with E-state index in [4.69, 9.17) is 9.47 Å². The maximum atomic E-state index is 6.11. The zero-order chi connectivity index (χ0) is 28.3. The number of morpholine rings is 1. The number of hydrogen-bond donors (Lipinski definition) is 1. The summed E-state index contributed by atoms with van der Waals surface area (Å²) in [7, 11) is 1.92. The molecule has 216 valence electrons. The summed E-state index contributed by atoms with van der Waals surface area (Å²) in [4.78, 5) is 18.6. The lowest BCUT2D eigenvalue weighted by Crippen LogP contribution is -2.58. The minimum atomic E-state index is 0.508. The van der Waals surface area contributed by atoms with E-state index in [0.717, 1.165) is 91.2 Å². The molecule has 42 heavy (non-hydrogen) atoms. The van der Waals surface area contributed by atoms with Gasteiger partial charge in [0.25, 0.3) is 0 Å². The molecule has 7 rings (SSSR count). The zero-order valence-electron chi connectivity index (χ0n) is 23.8. The lowest BCUT2D eigenvalue weighted by Gasteiger charge is -2.43. The first-order chi connectivity index (χ1) is 20.7. The molecular formula is C31H35N9O2. The Morgan fingerprint density at radius 2 is 1.93 bits per heavy atom. The smallest absolute Gasteiger partial charge is 0.140 e. The third kappa shape index (κ3) is 5.85. The number of rotatable bonds is 9. The van der Waals surface area contributed by atoms with Crippen molar-refractivity contribution in [2.75, 3.05) is 57.9 Å². The maximum Gasteiger partial charge on any atom is 0.140 e. The van der Waals surface area contributed by atoms with E-state index in [1.807, 2.05) is 59.1 Å². The molecule has 0 aliphatic carbocycles. The molecule has 0 radical (unpaired) electrons. The summed E-state index contributed by atoms with van der Waals surface area (Å²) >= 11 is 0. The van der Waals surface area contributed by atoms with Crippen molar-refractivity contribution in [3.8, 4) is 28.3 Å². The van der Waals surface area contributed by atoms with Gasteiger partial charge in [0.1, 0.15) is 30.1 Å². The van der Waals surface area contributed by atoms with Crippen LogP contribution in [0.5, 0.6) is 5.75 Å². The van der Waals surface area contributed by atoms with Gasteiger partial charge in [-0.1, -0.05) is 24.3 Å². The fraction of sp³-hybridized carbons (Fsp3) is 0.355. The molecule has 2 fully saturated rings. The third-order valence-corrected chi connectivity index (χ3v) is 8.08. The van der Waals surface area contributed by atoms with Crippen molar-refractivity contribution >= 4 is 11.5 Å².